The number of halogens is 2. The van der Waals surface area contributed by atoms with Gasteiger partial charge in [0.05, 0.1) is 0 Å². The van der Waals surface area contributed by atoms with Crippen LogP contribution in [0, 0.1) is 23.5 Å². The molecule has 0 aliphatic heterocycles. The van der Waals surface area contributed by atoms with E-state index in [-0.39, 0.29) is 18.2 Å². The Morgan fingerprint density at radius 1 is 1.42 bits per heavy atom. The van der Waals surface area contributed by atoms with Crippen molar-refractivity contribution < 1.29 is 17.2 Å². The Hall–Kier alpha value is -1.21. The van der Waals surface area contributed by atoms with Crippen molar-refractivity contribution in [3.63, 3.8) is 0 Å². The van der Waals surface area contributed by atoms with Gasteiger partial charge in [-0.25, -0.2) is 21.9 Å². The van der Waals surface area contributed by atoms with Crippen molar-refractivity contribution in [3.05, 3.63) is 23.8 Å². The Morgan fingerprint density at radius 3 is 2.63 bits per heavy atom. The first-order chi connectivity index (χ1) is 8.81. The summed E-state index contributed by atoms with van der Waals surface area (Å²) in [6, 6.07) is 1.67. The fraction of sp³-hybridized carbons (Fsp3) is 0.500. The van der Waals surface area contributed by atoms with Gasteiger partial charge in [-0.2, -0.15) is 0 Å². The number of hydrogen-bond acceptors (Lipinski definition) is 3. The average molecular weight is 290 g/mol. The van der Waals surface area contributed by atoms with Gasteiger partial charge in [0.15, 0.2) is 11.6 Å². The van der Waals surface area contributed by atoms with Gasteiger partial charge in [-0.3, -0.25) is 0 Å². The minimum atomic E-state index is -4.08. The molecule has 0 heterocycles. The summed E-state index contributed by atoms with van der Waals surface area (Å²) in [5.74, 6) is -1.97. The number of nitrogens with two attached hydrogens (primary N) is 1. The summed E-state index contributed by atoms with van der Waals surface area (Å²) < 4.78 is 52.8. The van der Waals surface area contributed by atoms with Gasteiger partial charge >= 0.3 is 0 Å². The van der Waals surface area contributed by atoms with Crippen molar-refractivity contribution in [2.45, 2.75) is 24.7 Å². The van der Waals surface area contributed by atoms with Crippen LogP contribution in [-0.2, 0) is 10.0 Å². The summed E-state index contributed by atoms with van der Waals surface area (Å²) in [6.07, 6.45) is 2.17. The number of nitrogens with one attached hydrogen (secondary N) is 1. The molecule has 1 aliphatic carbocycles. The van der Waals surface area contributed by atoms with E-state index in [4.69, 9.17) is 5.73 Å². The highest BCUT2D eigenvalue weighted by Gasteiger charge is 2.30. The smallest absolute Gasteiger partial charge is 0.243 e. The van der Waals surface area contributed by atoms with Crippen LogP contribution in [0.2, 0.25) is 0 Å². The van der Waals surface area contributed by atoms with Gasteiger partial charge in [0, 0.05) is 12.2 Å². The van der Waals surface area contributed by atoms with Crippen molar-refractivity contribution in [2.24, 2.45) is 11.8 Å². The van der Waals surface area contributed by atoms with E-state index in [1.165, 1.54) is 0 Å². The largest absolute Gasteiger partial charge is 0.399 e. The molecule has 7 heteroatoms. The number of nitrogen functional groups attached to an aromatic ring is 1. The molecule has 1 fully saturated rings. The zero-order valence-corrected chi connectivity index (χ0v) is 11.3. The molecule has 0 amide bonds. The molecule has 0 bridgehead atoms. The molecule has 1 aromatic rings. The van der Waals surface area contributed by atoms with Crippen LogP contribution in [0.15, 0.2) is 17.0 Å². The molecule has 0 saturated heterocycles. The van der Waals surface area contributed by atoms with Crippen LogP contribution in [-0.4, -0.2) is 15.0 Å². The highest BCUT2D eigenvalue weighted by molar-refractivity contribution is 7.89. The Balaban J connectivity index is 2.19. The van der Waals surface area contributed by atoms with Crippen molar-refractivity contribution in [3.8, 4) is 0 Å². The summed E-state index contributed by atoms with van der Waals surface area (Å²) in [7, 11) is -4.08. The third kappa shape index (κ3) is 3.22. The third-order valence-corrected chi connectivity index (χ3v) is 4.75. The summed E-state index contributed by atoms with van der Waals surface area (Å²) in [6.45, 7) is 2.14. The highest BCUT2D eigenvalue weighted by Crippen LogP contribution is 2.36. The Kier molecular flexibility index (Phi) is 3.78. The van der Waals surface area contributed by atoms with E-state index in [2.05, 4.69) is 4.72 Å². The Labute approximate surface area is 111 Å². The maximum Gasteiger partial charge on any atom is 0.243 e. The zero-order valence-electron chi connectivity index (χ0n) is 10.5. The van der Waals surface area contributed by atoms with Gasteiger partial charge in [-0.15, -0.1) is 0 Å². The third-order valence-electron chi connectivity index (χ3n) is 3.33. The Morgan fingerprint density at radius 2 is 2.05 bits per heavy atom. The van der Waals surface area contributed by atoms with Gasteiger partial charge in [0.1, 0.15) is 4.90 Å². The molecule has 19 heavy (non-hydrogen) atoms. The molecule has 2 rings (SSSR count). The highest BCUT2D eigenvalue weighted by atomic mass is 32.2. The molecule has 106 valence electrons. The second-order valence-corrected chi connectivity index (χ2v) is 6.72. The van der Waals surface area contributed by atoms with Crippen LogP contribution in [0.1, 0.15) is 19.8 Å². The minimum absolute atomic E-state index is 0.130. The molecule has 3 N–H and O–H groups in total. The normalized spacial score (nSPS) is 17.4. The van der Waals surface area contributed by atoms with Crippen LogP contribution in [0.5, 0.6) is 0 Å². The molecule has 1 unspecified atom stereocenters. The van der Waals surface area contributed by atoms with Crippen LogP contribution in [0.4, 0.5) is 14.5 Å². The fourth-order valence-corrected chi connectivity index (χ4v) is 3.19. The maximum atomic E-state index is 13.5. The molecule has 1 saturated carbocycles. The number of benzene rings is 1. The van der Waals surface area contributed by atoms with E-state index in [1.807, 2.05) is 6.92 Å². The topological polar surface area (TPSA) is 72.2 Å². The van der Waals surface area contributed by atoms with E-state index < -0.39 is 26.6 Å². The van der Waals surface area contributed by atoms with Crippen LogP contribution in [0.3, 0.4) is 0 Å². The average Bonchev–Trinajstić information content (AvgIpc) is 3.14. The van der Waals surface area contributed by atoms with Crippen LogP contribution >= 0.6 is 0 Å². The fourth-order valence-electron chi connectivity index (χ4n) is 1.93. The SMILES string of the molecule is CC(CNS(=O)(=O)c1cc(N)cc(F)c1F)C1CC1. The quantitative estimate of drug-likeness (QED) is 0.813. The van der Waals surface area contributed by atoms with Crippen LogP contribution < -0.4 is 10.5 Å². The molecular formula is C12H16F2N2O2S. The monoisotopic (exact) mass is 290 g/mol. The van der Waals surface area contributed by atoms with Crippen molar-refractivity contribution in [2.75, 3.05) is 12.3 Å². The lowest BCUT2D eigenvalue weighted by Crippen LogP contribution is -2.30. The molecule has 1 aliphatic rings. The van der Waals surface area contributed by atoms with Gasteiger partial charge in [-0.05, 0) is 36.8 Å². The molecule has 0 spiro atoms. The molecule has 1 aromatic carbocycles. The molecular weight excluding hydrogens is 274 g/mol. The standard InChI is InChI=1S/C12H16F2N2O2S/c1-7(8-2-3-8)6-16-19(17,18)11-5-9(15)4-10(13)12(11)14/h4-5,7-8,16H,2-3,6,15H2,1H3. The van der Waals surface area contributed by atoms with Crippen molar-refractivity contribution in [1.29, 1.82) is 0 Å². The number of hydrogen-bond donors (Lipinski definition) is 2. The molecule has 1 atom stereocenters. The lowest BCUT2D eigenvalue weighted by Gasteiger charge is -2.13. The van der Waals surface area contributed by atoms with E-state index >= 15 is 0 Å². The number of rotatable bonds is 5. The van der Waals surface area contributed by atoms with Crippen molar-refractivity contribution >= 4 is 15.7 Å². The summed E-state index contributed by atoms with van der Waals surface area (Å²) in [4.78, 5) is -0.743. The van der Waals surface area contributed by atoms with Gasteiger partial charge < -0.3 is 5.73 Å². The first-order valence-electron chi connectivity index (χ1n) is 6.05. The lowest BCUT2D eigenvalue weighted by molar-refractivity contribution is 0.474. The molecule has 0 radical (unpaired) electrons. The van der Waals surface area contributed by atoms with E-state index in [9.17, 15) is 17.2 Å². The first-order valence-corrected chi connectivity index (χ1v) is 7.54. The molecule has 4 nitrogen and oxygen atoms in total. The van der Waals surface area contributed by atoms with Gasteiger partial charge in [0.2, 0.25) is 10.0 Å². The summed E-state index contributed by atoms with van der Waals surface area (Å²) in [5, 5.41) is 0. The maximum absolute atomic E-state index is 13.5. The second kappa shape index (κ2) is 5.05. The Bertz CT molecular complexity index is 586. The van der Waals surface area contributed by atoms with Crippen molar-refractivity contribution in [1.82, 2.24) is 4.72 Å². The van der Waals surface area contributed by atoms with E-state index in [0.717, 1.165) is 25.0 Å². The van der Waals surface area contributed by atoms with E-state index in [1.54, 1.807) is 0 Å². The lowest BCUT2D eigenvalue weighted by atomic mass is 10.1. The summed E-state index contributed by atoms with van der Waals surface area (Å²) >= 11 is 0. The van der Waals surface area contributed by atoms with Crippen LogP contribution in [0.25, 0.3) is 0 Å². The minimum Gasteiger partial charge on any atom is -0.399 e. The second-order valence-electron chi connectivity index (χ2n) is 4.98. The predicted octanol–water partition coefficient (Wildman–Crippen LogP) is 1.87. The number of sulfonamides is 1. The molecule has 0 aromatic heterocycles. The van der Waals surface area contributed by atoms with Gasteiger partial charge in [0.25, 0.3) is 0 Å². The summed E-state index contributed by atoms with van der Waals surface area (Å²) in [5.41, 5.74) is 5.21. The van der Waals surface area contributed by atoms with Gasteiger partial charge in [-0.1, -0.05) is 6.92 Å². The predicted molar refractivity (Wildman–Crippen MR) is 67.8 cm³/mol. The first kappa shape index (κ1) is 14.2. The number of anilines is 1. The van der Waals surface area contributed by atoms with E-state index in [0.29, 0.717) is 5.92 Å². The zero-order chi connectivity index (χ0) is 14.2.